The van der Waals surface area contributed by atoms with E-state index in [0.717, 1.165) is 36.8 Å². The highest BCUT2D eigenvalue weighted by atomic mass is 32.2. The van der Waals surface area contributed by atoms with Crippen LogP contribution in [0, 0.1) is 6.92 Å². The van der Waals surface area contributed by atoms with Crippen molar-refractivity contribution in [3.8, 4) is 0 Å². The van der Waals surface area contributed by atoms with Gasteiger partial charge in [0.25, 0.3) is 5.91 Å². The highest BCUT2D eigenvalue weighted by molar-refractivity contribution is 7.89. The lowest BCUT2D eigenvalue weighted by Crippen LogP contribution is -2.36. The van der Waals surface area contributed by atoms with Crippen molar-refractivity contribution in [2.45, 2.75) is 50.5 Å². The molecule has 6 heteroatoms. The second kappa shape index (κ2) is 8.88. The van der Waals surface area contributed by atoms with Gasteiger partial charge in [-0.25, -0.2) is 8.42 Å². The van der Waals surface area contributed by atoms with Gasteiger partial charge in [-0.3, -0.25) is 4.79 Å². The van der Waals surface area contributed by atoms with Crippen LogP contribution in [0.2, 0.25) is 0 Å². The monoisotopic (exact) mass is 400 g/mol. The van der Waals surface area contributed by atoms with Crippen molar-refractivity contribution in [2.75, 3.05) is 13.1 Å². The molecule has 1 aliphatic rings. The number of sulfonamides is 1. The molecular formula is C22H28N2O3S. The fourth-order valence-electron chi connectivity index (χ4n) is 3.60. The Bertz CT molecular complexity index is 920. The zero-order chi connectivity index (χ0) is 20.1. The Morgan fingerprint density at radius 2 is 1.75 bits per heavy atom. The lowest BCUT2D eigenvalue weighted by Gasteiger charge is -2.26. The van der Waals surface area contributed by atoms with Crippen molar-refractivity contribution in [1.82, 2.24) is 9.62 Å². The third kappa shape index (κ3) is 4.45. The van der Waals surface area contributed by atoms with Gasteiger partial charge in [0.1, 0.15) is 0 Å². The van der Waals surface area contributed by atoms with E-state index in [9.17, 15) is 13.2 Å². The quantitative estimate of drug-likeness (QED) is 0.795. The summed E-state index contributed by atoms with van der Waals surface area (Å²) >= 11 is 0. The largest absolute Gasteiger partial charge is 0.345 e. The molecule has 1 atom stereocenters. The van der Waals surface area contributed by atoms with Crippen molar-refractivity contribution in [3.05, 3.63) is 65.2 Å². The summed E-state index contributed by atoms with van der Waals surface area (Å²) in [6.07, 6.45) is 3.58. The minimum atomic E-state index is -3.57. The number of nitrogens with zero attached hydrogens (tertiary/aromatic N) is 1. The minimum absolute atomic E-state index is 0.115. The van der Waals surface area contributed by atoms with E-state index >= 15 is 0 Å². The lowest BCUT2D eigenvalue weighted by molar-refractivity contribution is 0.0934. The molecule has 1 unspecified atom stereocenters. The number of carbonyl (C=O) groups is 1. The van der Waals surface area contributed by atoms with E-state index in [2.05, 4.69) is 5.32 Å². The van der Waals surface area contributed by atoms with Crippen LogP contribution in [0.5, 0.6) is 0 Å². The van der Waals surface area contributed by atoms with Crippen molar-refractivity contribution >= 4 is 15.9 Å². The molecule has 5 nitrogen and oxygen atoms in total. The van der Waals surface area contributed by atoms with Gasteiger partial charge >= 0.3 is 0 Å². The average Bonchev–Trinajstić information content (AvgIpc) is 2.73. The number of hydrogen-bond acceptors (Lipinski definition) is 3. The van der Waals surface area contributed by atoms with E-state index in [0.29, 0.717) is 18.7 Å². The van der Waals surface area contributed by atoms with Crippen LogP contribution in [0.25, 0.3) is 0 Å². The number of aryl methyl sites for hydroxylation is 1. The first kappa shape index (κ1) is 20.6. The topological polar surface area (TPSA) is 66.5 Å². The summed E-state index contributed by atoms with van der Waals surface area (Å²) in [5.74, 6) is -0.246. The first-order valence-corrected chi connectivity index (χ1v) is 11.3. The maximum absolute atomic E-state index is 13.0. The molecule has 1 N–H and O–H groups in total. The molecule has 3 rings (SSSR count). The van der Waals surface area contributed by atoms with E-state index in [1.54, 1.807) is 12.1 Å². The van der Waals surface area contributed by atoms with Crippen LogP contribution in [0.15, 0.2) is 53.4 Å². The van der Waals surface area contributed by atoms with Gasteiger partial charge in [-0.1, -0.05) is 49.7 Å². The number of rotatable bonds is 6. The first-order valence-electron chi connectivity index (χ1n) is 9.90. The molecule has 28 heavy (non-hydrogen) atoms. The number of amides is 1. The van der Waals surface area contributed by atoms with Crippen LogP contribution in [-0.4, -0.2) is 31.7 Å². The van der Waals surface area contributed by atoms with E-state index in [-0.39, 0.29) is 16.8 Å². The summed E-state index contributed by atoms with van der Waals surface area (Å²) in [7, 11) is -3.57. The van der Waals surface area contributed by atoms with Gasteiger partial charge in [-0.05, 0) is 49.4 Å². The summed E-state index contributed by atoms with van der Waals surface area (Å²) < 4.78 is 27.5. The Kier molecular flexibility index (Phi) is 6.52. The van der Waals surface area contributed by atoms with Gasteiger partial charge in [-0.15, -0.1) is 0 Å². The SMILES string of the molecule is CCC(NC(=O)c1cc(S(=O)(=O)N2CCCCC2)ccc1C)c1ccccc1. The molecule has 2 aromatic carbocycles. The predicted octanol–water partition coefficient (Wildman–Crippen LogP) is 4.05. The Labute approximate surface area is 167 Å². The van der Waals surface area contributed by atoms with Gasteiger partial charge in [0.05, 0.1) is 10.9 Å². The molecule has 1 saturated heterocycles. The van der Waals surface area contributed by atoms with Crippen molar-refractivity contribution < 1.29 is 13.2 Å². The van der Waals surface area contributed by atoms with E-state index < -0.39 is 10.0 Å². The van der Waals surface area contributed by atoms with Crippen LogP contribution in [0.4, 0.5) is 0 Å². The Morgan fingerprint density at radius 3 is 2.39 bits per heavy atom. The summed E-state index contributed by atoms with van der Waals surface area (Å²) in [6, 6.07) is 14.5. The molecule has 1 aliphatic heterocycles. The standard InChI is InChI=1S/C22H28N2O3S/c1-3-21(18-10-6-4-7-11-18)23-22(25)20-16-19(13-12-17(20)2)28(26,27)24-14-8-5-9-15-24/h4,6-7,10-13,16,21H,3,5,8-9,14-15H2,1-2H3,(H,23,25). The van der Waals surface area contributed by atoms with Gasteiger partial charge in [-0.2, -0.15) is 4.31 Å². The van der Waals surface area contributed by atoms with E-state index in [4.69, 9.17) is 0 Å². The number of piperidine rings is 1. The fraction of sp³-hybridized carbons (Fsp3) is 0.409. The third-order valence-electron chi connectivity index (χ3n) is 5.32. The summed E-state index contributed by atoms with van der Waals surface area (Å²) in [5, 5.41) is 3.05. The van der Waals surface area contributed by atoms with Crippen LogP contribution in [0.3, 0.4) is 0 Å². The van der Waals surface area contributed by atoms with Gasteiger partial charge < -0.3 is 5.32 Å². The highest BCUT2D eigenvalue weighted by Crippen LogP contribution is 2.24. The molecule has 0 aliphatic carbocycles. The highest BCUT2D eigenvalue weighted by Gasteiger charge is 2.27. The molecule has 0 aromatic heterocycles. The molecule has 1 amide bonds. The average molecular weight is 401 g/mol. The zero-order valence-electron chi connectivity index (χ0n) is 16.5. The number of carbonyl (C=O) groups excluding carboxylic acids is 1. The molecule has 0 radical (unpaired) electrons. The van der Waals surface area contributed by atoms with Gasteiger partial charge in [0.15, 0.2) is 0 Å². The lowest BCUT2D eigenvalue weighted by atomic mass is 10.0. The fourth-order valence-corrected chi connectivity index (χ4v) is 5.15. The number of hydrogen-bond donors (Lipinski definition) is 1. The molecule has 150 valence electrons. The summed E-state index contributed by atoms with van der Waals surface area (Å²) in [5.41, 5.74) is 2.21. The molecule has 1 fully saturated rings. The normalized spacial score (nSPS) is 16.5. The zero-order valence-corrected chi connectivity index (χ0v) is 17.3. The molecule has 0 saturated carbocycles. The maximum Gasteiger partial charge on any atom is 0.252 e. The van der Waals surface area contributed by atoms with E-state index in [1.807, 2.05) is 44.2 Å². The minimum Gasteiger partial charge on any atom is -0.345 e. The Morgan fingerprint density at radius 1 is 1.07 bits per heavy atom. The number of nitrogens with one attached hydrogen (secondary N) is 1. The second-order valence-electron chi connectivity index (χ2n) is 7.29. The van der Waals surface area contributed by atoms with Crippen molar-refractivity contribution in [3.63, 3.8) is 0 Å². The molecule has 2 aromatic rings. The Balaban J connectivity index is 1.85. The van der Waals surface area contributed by atoms with Gasteiger partial charge in [0, 0.05) is 18.7 Å². The molecule has 1 heterocycles. The molecular weight excluding hydrogens is 372 g/mol. The van der Waals surface area contributed by atoms with Crippen LogP contribution in [0.1, 0.15) is 60.1 Å². The second-order valence-corrected chi connectivity index (χ2v) is 9.22. The van der Waals surface area contributed by atoms with Gasteiger partial charge in [0.2, 0.25) is 10.0 Å². The van der Waals surface area contributed by atoms with Crippen LogP contribution < -0.4 is 5.32 Å². The first-order chi connectivity index (χ1) is 13.4. The van der Waals surface area contributed by atoms with E-state index in [1.165, 1.54) is 10.4 Å². The number of benzene rings is 2. The third-order valence-corrected chi connectivity index (χ3v) is 7.22. The van der Waals surface area contributed by atoms with Crippen molar-refractivity contribution in [2.24, 2.45) is 0 Å². The molecule has 0 spiro atoms. The van der Waals surface area contributed by atoms with Crippen LogP contribution >= 0.6 is 0 Å². The summed E-state index contributed by atoms with van der Waals surface area (Å²) in [6.45, 7) is 4.94. The Hall–Kier alpha value is -2.18. The molecule has 0 bridgehead atoms. The maximum atomic E-state index is 13.0. The van der Waals surface area contributed by atoms with Crippen molar-refractivity contribution in [1.29, 1.82) is 0 Å². The van der Waals surface area contributed by atoms with Crippen LogP contribution in [-0.2, 0) is 10.0 Å². The predicted molar refractivity (Wildman–Crippen MR) is 111 cm³/mol. The summed E-state index contributed by atoms with van der Waals surface area (Å²) in [4.78, 5) is 13.1. The smallest absolute Gasteiger partial charge is 0.252 e.